The van der Waals surface area contributed by atoms with Gasteiger partial charge in [0.2, 0.25) is 9.05 Å². The highest BCUT2D eigenvalue weighted by Gasteiger charge is 2.06. The molecule has 0 rings (SSSR count). The molecule has 0 bridgehead atoms. The third-order valence-corrected chi connectivity index (χ3v) is 2.50. The molecule has 0 aromatic heterocycles. The SMILES string of the molecule is CCCCOC(=O)NCCS(=O)(=O)Cl. The van der Waals surface area contributed by atoms with E-state index in [1.807, 2.05) is 6.92 Å². The number of hydrogen-bond donors (Lipinski definition) is 1. The van der Waals surface area contributed by atoms with Crippen molar-refractivity contribution in [3.05, 3.63) is 0 Å². The monoisotopic (exact) mass is 243 g/mol. The summed E-state index contributed by atoms with van der Waals surface area (Å²) >= 11 is 0. The standard InChI is InChI=1S/C7H14ClNO4S/c1-2-3-5-13-7(10)9-4-6-14(8,11)12/h2-6H2,1H3,(H,9,10). The van der Waals surface area contributed by atoms with Gasteiger partial charge in [0.15, 0.2) is 0 Å². The van der Waals surface area contributed by atoms with Crippen molar-refractivity contribution in [1.29, 1.82) is 0 Å². The number of nitrogens with one attached hydrogen (secondary N) is 1. The highest BCUT2D eigenvalue weighted by Crippen LogP contribution is 1.94. The molecule has 0 saturated heterocycles. The molecule has 0 unspecified atom stereocenters. The van der Waals surface area contributed by atoms with Crippen molar-refractivity contribution in [3.63, 3.8) is 0 Å². The van der Waals surface area contributed by atoms with E-state index in [0.717, 1.165) is 12.8 Å². The minimum absolute atomic E-state index is 0.0310. The first kappa shape index (κ1) is 13.5. The maximum absolute atomic E-state index is 10.8. The van der Waals surface area contributed by atoms with Crippen LogP contribution in [0.15, 0.2) is 0 Å². The van der Waals surface area contributed by atoms with Gasteiger partial charge in [0.05, 0.1) is 12.4 Å². The van der Waals surface area contributed by atoms with E-state index >= 15 is 0 Å². The molecule has 0 saturated carbocycles. The predicted octanol–water partition coefficient (Wildman–Crippen LogP) is 1.08. The Bertz CT molecular complexity index is 265. The smallest absolute Gasteiger partial charge is 0.407 e. The first-order valence-electron chi connectivity index (χ1n) is 4.28. The van der Waals surface area contributed by atoms with Crippen molar-refractivity contribution in [3.8, 4) is 0 Å². The van der Waals surface area contributed by atoms with Crippen LogP contribution in [0.3, 0.4) is 0 Å². The zero-order valence-electron chi connectivity index (χ0n) is 7.95. The molecule has 0 radical (unpaired) electrons. The van der Waals surface area contributed by atoms with E-state index in [1.165, 1.54) is 0 Å². The Morgan fingerprint density at radius 1 is 1.50 bits per heavy atom. The highest BCUT2D eigenvalue weighted by atomic mass is 35.7. The van der Waals surface area contributed by atoms with Gasteiger partial charge in [-0.3, -0.25) is 0 Å². The average molecular weight is 244 g/mol. The molecule has 0 aliphatic rings. The maximum Gasteiger partial charge on any atom is 0.407 e. The van der Waals surface area contributed by atoms with Crippen LogP contribution in [0.5, 0.6) is 0 Å². The Hall–Kier alpha value is -0.490. The van der Waals surface area contributed by atoms with Gasteiger partial charge in [-0.1, -0.05) is 13.3 Å². The fraction of sp³-hybridized carbons (Fsp3) is 0.857. The molecular formula is C7H14ClNO4S. The van der Waals surface area contributed by atoms with Crippen LogP contribution >= 0.6 is 10.7 Å². The Morgan fingerprint density at radius 2 is 2.14 bits per heavy atom. The Morgan fingerprint density at radius 3 is 2.64 bits per heavy atom. The lowest BCUT2D eigenvalue weighted by atomic mass is 10.4. The second kappa shape index (κ2) is 6.89. The van der Waals surface area contributed by atoms with Crippen molar-refractivity contribution in [2.45, 2.75) is 19.8 Å². The van der Waals surface area contributed by atoms with Gasteiger partial charge >= 0.3 is 6.09 Å². The Balaban J connectivity index is 3.45. The van der Waals surface area contributed by atoms with E-state index in [4.69, 9.17) is 15.4 Å². The molecule has 7 heteroatoms. The summed E-state index contributed by atoms with van der Waals surface area (Å²) in [4.78, 5) is 10.8. The van der Waals surface area contributed by atoms with Gasteiger partial charge in [0.25, 0.3) is 0 Å². The summed E-state index contributed by atoms with van der Waals surface area (Å²) in [6.07, 6.45) is 1.11. The molecular weight excluding hydrogens is 230 g/mol. The van der Waals surface area contributed by atoms with Gasteiger partial charge in [-0.25, -0.2) is 13.2 Å². The van der Waals surface area contributed by atoms with Crippen molar-refractivity contribution >= 4 is 25.8 Å². The molecule has 0 aliphatic carbocycles. The molecule has 84 valence electrons. The first-order chi connectivity index (χ1) is 6.45. The number of carbonyl (C=O) groups excluding carboxylic acids is 1. The topological polar surface area (TPSA) is 72.5 Å². The van der Waals surface area contributed by atoms with E-state index in [2.05, 4.69) is 5.32 Å². The van der Waals surface area contributed by atoms with Gasteiger partial charge in [0, 0.05) is 17.2 Å². The fourth-order valence-electron chi connectivity index (χ4n) is 0.635. The molecule has 0 aliphatic heterocycles. The quantitative estimate of drug-likeness (QED) is 0.560. The normalized spacial score (nSPS) is 11.0. The Labute approximate surface area is 88.2 Å². The predicted molar refractivity (Wildman–Crippen MR) is 53.9 cm³/mol. The summed E-state index contributed by atoms with van der Waals surface area (Å²) in [5, 5.41) is 2.27. The van der Waals surface area contributed by atoms with Gasteiger partial charge in [-0.05, 0) is 6.42 Å². The van der Waals surface area contributed by atoms with Crippen molar-refractivity contribution in [2.24, 2.45) is 0 Å². The van der Waals surface area contributed by atoms with Crippen LogP contribution in [0.2, 0.25) is 0 Å². The lowest BCUT2D eigenvalue weighted by Gasteiger charge is -2.04. The minimum atomic E-state index is -3.54. The fourth-order valence-corrected chi connectivity index (χ4v) is 1.21. The summed E-state index contributed by atoms with van der Waals surface area (Å²) < 4.78 is 25.6. The van der Waals surface area contributed by atoms with Crippen LogP contribution in [0.25, 0.3) is 0 Å². The largest absolute Gasteiger partial charge is 0.450 e. The number of amides is 1. The third-order valence-electron chi connectivity index (χ3n) is 1.35. The molecule has 0 heterocycles. The number of unbranched alkanes of at least 4 members (excludes halogenated alkanes) is 1. The van der Waals surface area contributed by atoms with E-state index in [-0.39, 0.29) is 12.3 Å². The van der Waals surface area contributed by atoms with Crippen LogP contribution in [0, 0.1) is 0 Å². The summed E-state index contributed by atoms with van der Waals surface area (Å²) in [7, 11) is 1.38. The lowest BCUT2D eigenvalue weighted by Crippen LogP contribution is -2.28. The van der Waals surface area contributed by atoms with Crippen LogP contribution < -0.4 is 5.32 Å². The molecule has 1 N–H and O–H groups in total. The number of halogens is 1. The second-order valence-electron chi connectivity index (χ2n) is 2.66. The van der Waals surface area contributed by atoms with Gasteiger partial charge in [0.1, 0.15) is 0 Å². The molecule has 14 heavy (non-hydrogen) atoms. The van der Waals surface area contributed by atoms with Gasteiger partial charge < -0.3 is 10.1 Å². The van der Waals surface area contributed by atoms with Gasteiger partial charge in [-0.15, -0.1) is 0 Å². The number of carbonyl (C=O) groups is 1. The van der Waals surface area contributed by atoms with E-state index in [0.29, 0.717) is 6.61 Å². The molecule has 0 spiro atoms. The van der Waals surface area contributed by atoms with E-state index < -0.39 is 15.1 Å². The van der Waals surface area contributed by atoms with Crippen molar-refractivity contribution in [2.75, 3.05) is 18.9 Å². The molecule has 0 fully saturated rings. The Kier molecular flexibility index (Phi) is 6.65. The lowest BCUT2D eigenvalue weighted by molar-refractivity contribution is 0.145. The number of hydrogen-bond acceptors (Lipinski definition) is 4. The van der Waals surface area contributed by atoms with Crippen LogP contribution in [0.4, 0.5) is 4.79 Å². The molecule has 0 aromatic rings. The van der Waals surface area contributed by atoms with Crippen LogP contribution in [-0.4, -0.2) is 33.4 Å². The van der Waals surface area contributed by atoms with Gasteiger partial charge in [-0.2, -0.15) is 0 Å². The number of ether oxygens (including phenoxy) is 1. The minimum Gasteiger partial charge on any atom is -0.450 e. The molecule has 5 nitrogen and oxygen atoms in total. The average Bonchev–Trinajstić information content (AvgIpc) is 2.02. The summed E-state index contributed by atoms with van der Waals surface area (Å²) in [6.45, 7) is 2.29. The third kappa shape index (κ3) is 9.60. The van der Waals surface area contributed by atoms with E-state index in [9.17, 15) is 13.2 Å². The van der Waals surface area contributed by atoms with Crippen molar-refractivity contribution < 1.29 is 17.9 Å². The second-order valence-corrected chi connectivity index (χ2v) is 5.56. The first-order valence-corrected chi connectivity index (χ1v) is 6.76. The van der Waals surface area contributed by atoms with Crippen LogP contribution in [-0.2, 0) is 13.8 Å². The molecule has 1 amide bonds. The highest BCUT2D eigenvalue weighted by molar-refractivity contribution is 8.13. The van der Waals surface area contributed by atoms with E-state index in [1.54, 1.807) is 0 Å². The van der Waals surface area contributed by atoms with Crippen molar-refractivity contribution in [1.82, 2.24) is 5.32 Å². The summed E-state index contributed by atoms with van der Waals surface area (Å²) in [6, 6.07) is 0. The number of rotatable bonds is 6. The molecule has 0 aromatic carbocycles. The zero-order valence-corrected chi connectivity index (χ0v) is 9.53. The maximum atomic E-state index is 10.8. The zero-order chi connectivity index (χ0) is 11.0. The number of alkyl carbamates (subject to hydrolysis) is 1. The van der Waals surface area contributed by atoms with Crippen LogP contribution in [0.1, 0.15) is 19.8 Å². The summed E-state index contributed by atoms with van der Waals surface area (Å²) in [5.41, 5.74) is 0. The molecule has 0 atom stereocenters. The summed E-state index contributed by atoms with van der Waals surface area (Å²) in [5.74, 6) is -0.294.